The van der Waals surface area contributed by atoms with E-state index < -0.39 is 29.9 Å². The van der Waals surface area contributed by atoms with Crippen LogP contribution in [0.15, 0.2) is 12.7 Å². The zero-order valence-corrected chi connectivity index (χ0v) is 11.2. The van der Waals surface area contributed by atoms with Gasteiger partial charge in [-0.05, 0) is 12.3 Å². The quantitative estimate of drug-likeness (QED) is 0.432. The molecule has 0 aliphatic heterocycles. The SMILES string of the molecule is C=CCC(NC(=O)CNC(=O)[C@@H](N)C(C)C)C(=O)O. The Morgan fingerprint density at radius 3 is 2.37 bits per heavy atom. The van der Waals surface area contributed by atoms with Crippen LogP contribution in [0.5, 0.6) is 0 Å². The van der Waals surface area contributed by atoms with Crippen LogP contribution in [0.4, 0.5) is 0 Å². The molecule has 7 nitrogen and oxygen atoms in total. The Kier molecular flexibility index (Phi) is 7.43. The number of hydrogen-bond donors (Lipinski definition) is 4. The molecule has 1 unspecified atom stereocenters. The first-order valence-corrected chi connectivity index (χ1v) is 5.96. The van der Waals surface area contributed by atoms with Crippen LogP contribution >= 0.6 is 0 Å². The Labute approximate surface area is 112 Å². The summed E-state index contributed by atoms with van der Waals surface area (Å²) in [5.41, 5.74) is 5.59. The number of rotatable bonds is 8. The highest BCUT2D eigenvalue weighted by molar-refractivity contribution is 5.89. The van der Waals surface area contributed by atoms with Gasteiger partial charge < -0.3 is 21.5 Å². The lowest BCUT2D eigenvalue weighted by Crippen LogP contribution is -2.49. The van der Waals surface area contributed by atoms with Crippen LogP contribution in [-0.2, 0) is 14.4 Å². The molecular weight excluding hydrogens is 250 g/mol. The van der Waals surface area contributed by atoms with Crippen molar-refractivity contribution in [3.8, 4) is 0 Å². The number of carboxylic acid groups (broad SMARTS) is 1. The molecule has 0 spiro atoms. The summed E-state index contributed by atoms with van der Waals surface area (Å²) in [4.78, 5) is 33.7. The van der Waals surface area contributed by atoms with Gasteiger partial charge >= 0.3 is 5.97 Å². The van der Waals surface area contributed by atoms with E-state index in [9.17, 15) is 14.4 Å². The predicted octanol–water partition coefficient (Wildman–Crippen LogP) is -0.769. The topological polar surface area (TPSA) is 122 Å². The Balaban J connectivity index is 4.21. The van der Waals surface area contributed by atoms with E-state index in [1.807, 2.05) is 0 Å². The van der Waals surface area contributed by atoms with Crippen molar-refractivity contribution in [2.75, 3.05) is 6.54 Å². The van der Waals surface area contributed by atoms with Crippen molar-refractivity contribution in [2.45, 2.75) is 32.4 Å². The van der Waals surface area contributed by atoms with E-state index in [2.05, 4.69) is 17.2 Å². The third-order valence-corrected chi connectivity index (χ3v) is 2.48. The summed E-state index contributed by atoms with van der Waals surface area (Å²) in [7, 11) is 0. The maximum atomic E-state index is 11.5. The number of amides is 2. The van der Waals surface area contributed by atoms with Gasteiger partial charge in [-0.3, -0.25) is 9.59 Å². The number of nitrogens with one attached hydrogen (secondary N) is 2. The fourth-order valence-corrected chi connectivity index (χ4v) is 1.22. The van der Waals surface area contributed by atoms with Crippen LogP contribution in [0.3, 0.4) is 0 Å². The van der Waals surface area contributed by atoms with Gasteiger partial charge in [0, 0.05) is 0 Å². The number of carbonyl (C=O) groups excluding carboxylic acids is 2. The number of carbonyl (C=O) groups is 3. The van der Waals surface area contributed by atoms with Crippen LogP contribution in [0.1, 0.15) is 20.3 Å². The largest absolute Gasteiger partial charge is 0.480 e. The van der Waals surface area contributed by atoms with E-state index in [4.69, 9.17) is 10.8 Å². The average molecular weight is 271 g/mol. The molecule has 0 aromatic heterocycles. The van der Waals surface area contributed by atoms with E-state index in [1.165, 1.54) is 6.08 Å². The molecule has 0 heterocycles. The predicted molar refractivity (Wildman–Crippen MR) is 70.2 cm³/mol. The zero-order chi connectivity index (χ0) is 15.0. The molecule has 0 aromatic carbocycles. The fraction of sp³-hybridized carbons (Fsp3) is 0.583. The van der Waals surface area contributed by atoms with E-state index in [0.29, 0.717) is 0 Å². The Bertz CT molecular complexity index is 355. The summed E-state index contributed by atoms with van der Waals surface area (Å²) >= 11 is 0. The smallest absolute Gasteiger partial charge is 0.326 e. The van der Waals surface area contributed by atoms with Crippen molar-refractivity contribution in [3.63, 3.8) is 0 Å². The Hall–Kier alpha value is -1.89. The Morgan fingerprint density at radius 2 is 1.95 bits per heavy atom. The van der Waals surface area contributed by atoms with Crippen LogP contribution in [0.25, 0.3) is 0 Å². The maximum Gasteiger partial charge on any atom is 0.326 e. The minimum atomic E-state index is -1.15. The number of nitrogens with two attached hydrogens (primary N) is 1. The van der Waals surface area contributed by atoms with Gasteiger partial charge in [-0.15, -0.1) is 6.58 Å². The molecule has 0 saturated heterocycles. The van der Waals surface area contributed by atoms with E-state index >= 15 is 0 Å². The lowest BCUT2D eigenvalue weighted by Gasteiger charge is -2.16. The molecule has 0 aromatic rings. The molecule has 0 bridgehead atoms. The monoisotopic (exact) mass is 271 g/mol. The molecule has 2 atom stereocenters. The van der Waals surface area contributed by atoms with Gasteiger partial charge in [-0.2, -0.15) is 0 Å². The first kappa shape index (κ1) is 17.1. The van der Waals surface area contributed by atoms with Crippen LogP contribution in [0, 0.1) is 5.92 Å². The minimum absolute atomic E-state index is 0.0457. The molecule has 108 valence electrons. The van der Waals surface area contributed by atoms with Gasteiger partial charge in [0.1, 0.15) is 6.04 Å². The molecule has 2 amide bonds. The molecule has 0 aliphatic carbocycles. The average Bonchev–Trinajstić information content (AvgIpc) is 2.34. The summed E-state index contributed by atoms with van der Waals surface area (Å²) in [6, 6.07) is -1.74. The molecule has 0 fully saturated rings. The van der Waals surface area contributed by atoms with Crippen LogP contribution in [-0.4, -0.2) is 41.5 Å². The lowest BCUT2D eigenvalue weighted by molar-refractivity contribution is -0.141. The zero-order valence-electron chi connectivity index (χ0n) is 11.2. The maximum absolute atomic E-state index is 11.5. The van der Waals surface area contributed by atoms with Crippen molar-refractivity contribution in [1.29, 1.82) is 0 Å². The Morgan fingerprint density at radius 1 is 1.37 bits per heavy atom. The normalized spacial score (nSPS) is 13.5. The molecular formula is C12H21N3O4. The van der Waals surface area contributed by atoms with Crippen molar-refractivity contribution >= 4 is 17.8 Å². The molecule has 7 heteroatoms. The summed E-state index contributed by atoms with van der Waals surface area (Å²) in [5.74, 6) is -2.23. The van der Waals surface area contributed by atoms with Crippen molar-refractivity contribution in [2.24, 2.45) is 11.7 Å². The number of aliphatic carboxylic acids is 1. The summed E-state index contributed by atoms with van der Waals surface area (Å²) in [6.45, 7) is 6.67. The standard InChI is InChI=1S/C12H21N3O4/c1-4-5-8(12(18)19)15-9(16)6-14-11(17)10(13)7(2)3/h4,7-8,10H,1,5-6,13H2,2-3H3,(H,14,17)(H,15,16)(H,18,19)/t8?,10-/m0/s1. The van der Waals surface area contributed by atoms with Gasteiger partial charge in [-0.25, -0.2) is 4.79 Å². The third kappa shape index (κ3) is 6.56. The van der Waals surface area contributed by atoms with Gasteiger partial charge in [0.2, 0.25) is 11.8 Å². The minimum Gasteiger partial charge on any atom is -0.480 e. The molecule has 0 aliphatic rings. The summed E-state index contributed by atoms with van der Waals surface area (Å²) in [6.07, 6.45) is 1.51. The van der Waals surface area contributed by atoms with Crippen molar-refractivity contribution < 1.29 is 19.5 Å². The van der Waals surface area contributed by atoms with Crippen LogP contribution < -0.4 is 16.4 Å². The highest BCUT2D eigenvalue weighted by atomic mass is 16.4. The number of hydrogen-bond acceptors (Lipinski definition) is 4. The van der Waals surface area contributed by atoms with Gasteiger partial charge in [0.05, 0.1) is 12.6 Å². The second kappa shape index (κ2) is 8.25. The molecule has 0 saturated carbocycles. The molecule has 19 heavy (non-hydrogen) atoms. The first-order valence-electron chi connectivity index (χ1n) is 5.96. The summed E-state index contributed by atoms with van der Waals surface area (Å²) < 4.78 is 0. The second-order valence-corrected chi connectivity index (χ2v) is 4.47. The van der Waals surface area contributed by atoms with Gasteiger partial charge in [-0.1, -0.05) is 19.9 Å². The van der Waals surface area contributed by atoms with E-state index in [-0.39, 0.29) is 18.9 Å². The van der Waals surface area contributed by atoms with Crippen molar-refractivity contribution in [1.82, 2.24) is 10.6 Å². The molecule has 0 rings (SSSR count). The number of carboxylic acids is 1. The van der Waals surface area contributed by atoms with Gasteiger partial charge in [0.15, 0.2) is 0 Å². The third-order valence-electron chi connectivity index (χ3n) is 2.48. The first-order chi connectivity index (χ1) is 8.79. The van der Waals surface area contributed by atoms with Crippen molar-refractivity contribution in [3.05, 3.63) is 12.7 Å². The summed E-state index contributed by atoms with van der Waals surface area (Å²) in [5, 5.41) is 13.5. The van der Waals surface area contributed by atoms with Gasteiger partial charge in [0.25, 0.3) is 0 Å². The highest BCUT2D eigenvalue weighted by Gasteiger charge is 2.20. The highest BCUT2D eigenvalue weighted by Crippen LogP contribution is 1.97. The van der Waals surface area contributed by atoms with E-state index in [1.54, 1.807) is 13.8 Å². The second-order valence-electron chi connectivity index (χ2n) is 4.47. The lowest BCUT2D eigenvalue weighted by atomic mass is 10.1. The fourth-order valence-electron chi connectivity index (χ4n) is 1.22. The molecule has 0 radical (unpaired) electrons. The van der Waals surface area contributed by atoms with Crippen LogP contribution in [0.2, 0.25) is 0 Å². The molecule has 5 N–H and O–H groups in total. The van der Waals surface area contributed by atoms with E-state index in [0.717, 1.165) is 0 Å².